The zero-order valence-corrected chi connectivity index (χ0v) is 11.5. The van der Waals surface area contributed by atoms with Gasteiger partial charge in [-0.15, -0.1) is 0 Å². The van der Waals surface area contributed by atoms with E-state index in [2.05, 4.69) is 29.2 Å². The number of nitrogens with two attached hydrogens (primary N) is 1. The molecule has 2 aromatic rings. The monoisotopic (exact) mass is 272 g/mol. The highest BCUT2D eigenvalue weighted by molar-refractivity contribution is 6.31. The molecule has 0 saturated heterocycles. The molecule has 0 radical (unpaired) electrons. The largest absolute Gasteiger partial charge is 0.324 e. The summed E-state index contributed by atoms with van der Waals surface area (Å²) in [6, 6.07) is 10.5. The first-order chi connectivity index (χ1) is 9.16. The van der Waals surface area contributed by atoms with Gasteiger partial charge in [0.1, 0.15) is 0 Å². The van der Waals surface area contributed by atoms with E-state index < -0.39 is 0 Å². The molecule has 98 valence electrons. The van der Waals surface area contributed by atoms with Gasteiger partial charge in [0.25, 0.3) is 0 Å². The first-order valence-corrected chi connectivity index (χ1v) is 6.98. The Morgan fingerprint density at radius 2 is 2.00 bits per heavy atom. The van der Waals surface area contributed by atoms with Crippen molar-refractivity contribution < 1.29 is 0 Å². The lowest BCUT2D eigenvalue weighted by Gasteiger charge is -2.35. The number of rotatable bonds is 2. The predicted molar refractivity (Wildman–Crippen MR) is 78.3 cm³/mol. The maximum atomic E-state index is 6.60. The number of benzene rings is 1. The highest BCUT2D eigenvalue weighted by Crippen LogP contribution is 2.31. The summed E-state index contributed by atoms with van der Waals surface area (Å²) < 4.78 is 0. The zero-order valence-electron chi connectivity index (χ0n) is 10.8. The van der Waals surface area contributed by atoms with E-state index in [1.165, 1.54) is 11.1 Å². The Morgan fingerprint density at radius 1 is 1.21 bits per heavy atom. The van der Waals surface area contributed by atoms with Crippen LogP contribution in [-0.2, 0) is 19.3 Å². The molecule has 2 N–H and O–H groups in total. The zero-order chi connectivity index (χ0) is 13.3. The normalized spacial score (nSPS) is 22.0. The molecule has 19 heavy (non-hydrogen) atoms. The highest BCUT2D eigenvalue weighted by atomic mass is 35.5. The molecule has 1 aromatic carbocycles. The molecule has 0 saturated carbocycles. The molecule has 1 aliphatic carbocycles. The van der Waals surface area contributed by atoms with E-state index in [0.717, 1.165) is 31.2 Å². The van der Waals surface area contributed by atoms with E-state index >= 15 is 0 Å². The first kappa shape index (κ1) is 12.6. The van der Waals surface area contributed by atoms with Crippen LogP contribution in [0, 0.1) is 0 Å². The lowest BCUT2D eigenvalue weighted by atomic mass is 9.75. The average molecular weight is 273 g/mol. The van der Waals surface area contributed by atoms with Crippen LogP contribution in [-0.4, -0.2) is 10.5 Å². The maximum Gasteiger partial charge on any atom is 0.0621 e. The Labute approximate surface area is 118 Å². The van der Waals surface area contributed by atoms with Crippen LogP contribution in [0.2, 0.25) is 5.02 Å². The van der Waals surface area contributed by atoms with Crippen molar-refractivity contribution in [2.45, 2.75) is 31.2 Å². The third-order valence-corrected chi connectivity index (χ3v) is 4.29. The second-order valence-corrected chi connectivity index (χ2v) is 5.86. The standard InChI is InChI=1S/C16H17ClN2/c17-15-11-19-8-6-14(15)10-16(18)7-5-12-3-1-2-4-13(12)9-16/h1-4,6,8,11H,5,7,9-10,18H2. The van der Waals surface area contributed by atoms with Crippen molar-refractivity contribution in [1.29, 1.82) is 0 Å². The third-order valence-electron chi connectivity index (χ3n) is 3.95. The van der Waals surface area contributed by atoms with Gasteiger partial charge in [-0.2, -0.15) is 0 Å². The Balaban J connectivity index is 1.84. The summed E-state index contributed by atoms with van der Waals surface area (Å²) in [5, 5.41) is 0.714. The average Bonchev–Trinajstić information content (AvgIpc) is 2.41. The number of fused-ring (bicyclic) bond motifs is 1. The van der Waals surface area contributed by atoms with Gasteiger partial charge in [-0.05, 0) is 48.4 Å². The first-order valence-electron chi connectivity index (χ1n) is 6.60. The van der Waals surface area contributed by atoms with Crippen molar-refractivity contribution in [3.63, 3.8) is 0 Å². The van der Waals surface area contributed by atoms with Crippen molar-refractivity contribution in [3.8, 4) is 0 Å². The van der Waals surface area contributed by atoms with E-state index in [9.17, 15) is 0 Å². The van der Waals surface area contributed by atoms with Crippen molar-refractivity contribution in [1.82, 2.24) is 4.98 Å². The van der Waals surface area contributed by atoms with Crippen LogP contribution in [0.1, 0.15) is 23.1 Å². The van der Waals surface area contributed by atoms with Crippen LogP contribution >= 0.6 is 11.6 Å². The smallest absolute Gasteiger partial charge is 0.0621 e. The molecular formula is C16H17ClN2. The van der Waals surface area contributed by atoms with Gasteiger partial charge in [0.2, 0.25) is 0 Å². The van der Waals surface area contributed by atoms with Gasteiger partial charge in [-0.1, -0.05) is 35.9 Å². The van der Waals surface area contributed by atoms with E-state index in [1.807, 2.05) is 6.07 Å². The molecule has 2 nitrogen and oxygen atoms in total. The number of pyridine rings is 1. The minimum Gasteiger partial charge on any atom is -0.324 e. The second-order valence-electron chi connectivity index (χ2n) is 5.45. The number of hydrogen-bond acceptors (Lipinski definition) is 2. The molecule has 0 amide bonds. The molecule has 0 bridgehead atoms. The fourth-order valence-electron chi connectivity index (χ4n) is 2.90. The summed E-state index contributed by atoms with van der Waals surface area (Å²) in [5.41, 5.74) is 10.3. The number of aromatic nitrogens is 1. The lowest BCUT2D eigenvalue weighted by molar-refractivity contribution is 0.369. The van der Waals surface area contributed by atoms with E-state index in [-0.39, 0.29) is 5.54 Å². The summed E-state index contributed by atoms with van der Waals surface area (Å²) >= 11 is 6.19. The quantitative estimate of drug-likeness (QED) is 0.912. The molecule has 1 unspecified atom stereocenters. The molecule has 3 rings (SSSR count). The topological polar surface area (TPSA) is 38.9 Å². The van der Waals surface area contributed by atoms with Crippen molar-refractivity contribution >= 4 is 11.6 Å². The van der Waals surface area contributed by atoms with Crippen LogP contribution in [0.3, 0.4) is 0 Å². The molecule has 1 heterocycles. The summed E-state index contributed by atoms with van der Waals surface area (Å²) in [6.07, 6.45) is 7.25. The van der Waals surface area contributed by atoms with Gasteiger partial charge in [-0.25, -0.2) is 0 Å². The van der Waals surface area contributed by atoms with E-state index in [1.54, 1.807) is 12.4 Å². The third kappa shape index (κ3) is 2.65. The van der Waals surface area contributed by atoms with E-state index in [0.29, 0.717) is 5.02 Å². The summed E-state index contributed by atoms with van der Waals surface area (Å²) in [4.78, 5) is 4.02. The molecule has 1 atom stereocenters. The summed E-state index contributed by atoms with van der Waals surface area (Å²) in [6.45, 7) is 0. The Morgan fingerprint density at radius 3 is 2.79 bits per heavy atom. The van der Waals surface area contributed by atoms with Crippen LogP contribution in [0.15, 0.2) is 42.7 Å². The molecule has 0 spiro atoms. The molecule has 0 fully saturated rings. The van der Waals surface area contributed by atoms with Gasteiger partial charge in [0.05, 0.1) is 5.02 Å². The Bertz CT molecular complexity index is 597. The summed E-state index contributed by atoms with van der Waals surface area (Å²) in [5.74, 6) is 0. The fraction of sp³-hybridized carbons (Fsp3) is 0.312. The van der Waals surface area contributed by atoms with Crippen molar-refractivity contribution in [2.24, 2.45) is 5.73 Å². The van der Waals surface area contributed by atoms with Gasteiger partial charge < -0.3 is 5.73 Å². The minimum atomic E-state index is -0.195. The maximum absolute atomic E-state index is 6.60. The second kappa shape index (κ2) is 4.95. The number of aryl methyl sites for hydroxylation is 1. The number of nitrogens with zero attached hydrogens (tertiary/aromatic N) is 1. The van der Waals surface area contributed by atoms with Crippen LogP contribution in [0.5, 0.6) is 0 Å². The fourth-order valence-corrected chi connectivity index (χ4v) is 3.09. The SMILES string of the molecule is NC1(Cc2ccncc2Cl)CCc2ccccc2C1. The summed E-state index contributed by atoms with van der Waals surface area (Å²) in [7, 11) is 0. The molecule has 3 heteroatoms. The molecular weight excluding hydrogens is 256 g/mol. The number of halogens is 1. The van der Waals surface area contributed by atoms with Gasteiger partial charge >= 0.3 is 0 Å². The van der Waals surface area contributed by atoms with Gasteiger partial charge in [0.15, 0.2) is 0 Å². The van der Waals surface area contributed by atoms with Gasteiger partial charge in [0, 0.05) is 17.9 Å². The minimum absolute atomic E-state index is 0.195. The molecule has 1 aliphatic rings. The van der Waals surface area contributed by atoms with Crippen LogP contribution in [0.25, 0.3) is 0 Å². The van der Waals surface area contributed by atoms with Crippen molar-refractivity contribution in [2.75, 3.05) is 0 Å². The Kier molecular flexibility index (Phi) is 3.29. The molecule has 1 aromatic heterocycles. The highest BCUT2D eigenvalue weighted by Gasteiger charge is 2.30. The van der Waals surface area contributed by atoms with Crippen molar-refractivity contribution in [3.05, 3.63) is 64.4 Å². The molecule has 0 aliphatic heterocycles. The predicted octanol–water partition coefficient (Wildman–Crippen LogP) is 3.16. The van der Waals surface area contributed by atoms with E-state index in [4.69, 9.17) is 17.3 Å². The Hall–Kier alpha value is -1.38. The lowest BCUT2D eigenvalue weighted by Crippen LogP contribution is -2.47. The van der Waals surface area contributed by atoms with Crippen LogP contribution in [0.4, 0.5) is 0 Å². The number of hydrogen-bond donors (Lipinski definition) is 1. The van der Waals surface area contributed by atoms with Gasteiger partial charge in [-0.3, -0.25) is 4.98 Å². The van der Waals surface area contributed by atoms with Crippen LogP contribution < -0.4 is 5.73 Å².